The van der Waals surface area contributed by atoms with E-state index in [4.69, 9.17) is 34.8 Å². The summed E-state index contributed by atoms with van der Waals surface area (Å²) in [5.41, 5.74) is 0. The molecule has 1 rings (SSSR count). The molecule has 1 aromatic rings. The molecule has 2 N–H and O–H groups in total. The largest absolute Gasteiger partial charge is 0.369 e. The van der Waals surface area contributed by atoms with Crippen molar-refractivity contribution in [1.82, 2.24) is 9.88 Å². The maximum Gasteiger partial charge on any atom is 0.325 e. The van der Waals surface area contributed by atoms with Gasteiger partial charge in [-0.25, -0.2) is 9.78 Å². The van der Waals surface area contributed by atoms with Crippen LogP contribution < -0.4 is 5.32 Å². The number of carbonyl (C=O) groups excluding carboxylic acids is 1. The van der Waals surface area contributed by atoms with Crippen molar-refractivity contribution in [2.24, 2.45) is 0 Å². The lowest BCUT2D eigenvalue weighted by atomic mass is 10.4. The van der Waals surface area contributed by atoms with E-state index in [0.29, 0.717) is 5.82 Å². The smallest absolute Gasteiger partial charge is 0.325 e. The summed E-state index contributed by atoms with van der Waals surface area (Å²) >= 11 is 16.6. The van der Waals surface area contributed by atoms with Gasteiger partial charge in [0.1, 0.15) is 5.82 Å². The fourth-order valence-corrected chi connectivity index (χ4v) is 1.58. The number of hydrogen-bond acceptors (Lipinski definition) is 3. The van der Waals surface area contributed by atoms with Crippen molar-refractivity contribution < 1.29 is 9.90 Å². The highest BCUT2D eigenvalue weighted by Crippen LogP contribution is 2.32. The molecule has 5 nitrogen and oxygen atoms in total. The van der Waals surface area contributed by atoms with Crippen LogP contribution in [0.15, 0.2) is 24.4 Å². The summed E-state index contributed by atoms with van der Waals surface area (Å²) in [6, 6.07) is 4.43. The van der Waals surface area contributed by atoms with E-state index in [0.717, 1.165) is 4.90 Å². The molecule has 2 amide bonds. The molecule has 0 saturated heterocycles. The topological polar surface area (TPSA) is 65.5 Å². The Labute approximate surface area is 120 Å². The Morgan fingerprint density at radius 2 is 2.22 bits per heavy atom. The molecule has 0 fully saturated rings. The predicted octanol–water partition coefficient (Wildman–Crippen LogP) is 2.62. The maximum absolute atomic E-state index is 11.9. The molecule has 0 aliphatic heterocycles. The Balaban J connectivity index is 2.75. The number of alkyl halides is 3. The van der Waals surface area contributed by atoms with Crippen LogP contribution in [-0.4, -0.2) is 37.6 Å². The van der Waals surface area contributed by atoms with Crippen molar-refractivity contribution in [1.29, 1.82) is 0 Å². The number of urea groups is 1. The van der Waals surface area contributed by atoms with Crippen LogP contribution >= 0.6 is 34.8 Å². The molecule has 18 heavy (non-hydrogen) atoms. The second-order valence-electron chi connectivity index (χ2n) is 3.35. The summed E-state index contributed by atoms with van der Waals surface area (Å²) in [5, 5.41) is 12.2. The first kappa shape index (κ1) is 15.3. The van der Waals surface area contributed by atoms with Gasteiger partial charge < -0.3 is 5.11 Å². The van der Waals surface area contributed by atoms with Gasteiger partial charge in [0.05, 0.1) is 0 Å². The van der Waals surface area contributed by atoms with Crippen LogP contribution in [0.3, 0.4) is 0 Å². The van der Waals surface area contributed by atoms with Crippen LogP contribution in [0.25, 0.3) is 0 Å². The molecule has 1 aromatic heterocycles. The van der Waals surface area contributed by atoms with E-state index in [9.17, 15) is 9.90 Å². The quantitative estimate of drug-likeness (QED) is 0.666. The van der Waals surface area contributed by atoms with Crippen LogP contribution in [0.2, 0.25) is 0 Å². The zero-order valence-electron chi connectivity index (χ0n) is 9.48. The standard InChI is InChI=1S/C10H12Cl3N3O2/c1-2-16(8(17)10(11,12)13)9(18)15-7-5-3-4-6-14-7/h3-6,8,17H,2H2,1H3,(H,14,15,18). The second kappa shape index (κ2) is 6.43. The highest BCUT2D eigenvalue weighted by Gasteiger charge is 2.37. The number of anilines is 1. The maximum atomic E-state index is 11.9. The van der Waals surface area contributed by atoms with Gasteiger partial charge in [-0.2, -0.15) is 0 Å². The van der Waals surface area contributed by atoms with Gasteiger partial charge in [0, 0.05) is 12.7 Å². The van der Waals surface area contributed by atoms with Gasteiger partial charge in [-0.1, -0.05) is 40.9 Å². The number of nitrogens with zero attached hydrogens (tertiary/aromatic N) is 2. The minimum Gasteiger partial charge on any atom is -0.369 e. The number of halogens is 3. The Bertz CT molecular complexity index is 397. The lowest BCUT2D eigenvalue weighted by Gasteiger charge is -2.30. The SMILES string of the molecule is CCN(C(=O)Nc1ccccn1)C(O)C(Cl)(Cl)Cl. The van der Waals surface area contributed by atoms with E-state index in [1.807, 2.05) is 0 Å². The summed E-state index contributed by atoms with van der Waals surface area (Å²) in [6.45, 7) is 1.82. The van der Waals surface area contributed by atoms with Gasteiger partial charge in [0.25, 0.3) is 0 Å². The fraction of sp³-hybridized carbons (Fsp3) is 0.400. The zero-order chi connectivity index (χ0) is 13.8. The van der Waals surface area contributed by atoms with Crippen molar-refractivity contribution in [3.63, 3.8) is 0 Å². The minimum atomic E-state index is -1.97. The number of aromatic nitrogens is 1. The van der Waals surface area contributed by atoms with Gasteiger partial charge in [-0.15, -0.1) is 0 Å². The summed E-state index contributed by atoms with van der Waals surface area (Å²) in [7, 11) is 0. The average Bonchev–Trinajstić information content (AvgIpc) is 2.29. The molecular weight excluding hydrogens is 300 g/mol. The van der Waals surface area contributed by atoms with Gasteiger partial charge in [0.15, 0.2) is 6.23 Å². The van der Waals surface area contributed by atoms with E-state index in [1.165, 1.54) is 6.20 Å². The van der Waals surface area contributed by atoms with Gasteiger partial charge in [0.2, 0.25) is 3.79 Å². The van der Waals surface area contributed by atoms with E-state index < -0.39 is 16.1 Å². The molecule has 8 heteroatoms. The monoisotopic (exact) mass is 311 g/mol. The van der Waals surface area contributed by atoms with Gasteiger partial charge >= 0.3 is 6.03 Å². The highest BCUT2D eigenvalue weighted by atomic mass is 35.6. The Morgan fingerprint density at radius 1 is 1.56 bits per heavy atom. The van der Waals surface area contributed by atoms with Gasteiger partial charge in [-0.3, -0.25) is 10.2 Å². The molecule has 0 aliphatic rings. The number of amides is 2. The Kier molecular flexibility index (Phi) is 5.47. The summed E-state index contributed by atoms with van der Waals surface area (Å²) in [4.78, 5) is 16.8. The molecule has 0 aromatic carbocycles. The summed E-state index contributed by atoms with van der Waals surface area (Å²) in [6.07, 6.45) is -0.0201. The second-order valence-corrected chi connectivity index (χ2v) is 5.72. The number of hydrogen-bond donors (Lipinski definition) is 2. The Morgan fingerprint density at radius 3 is 2.67 bits per heavy atom. The van der Waals surface area contributed by atoms with Crippen LogP contribution in [0.1, 0.15) is 6.92 Å². The number of rotatable bonds is 3. The van der Waals surface area contributed by atoms with Crippen molar-refractivity contribution in [3.05, 3.63) is 24.4 Å². The van der Waals surface area contributed by atoms with Crippen LogP contribution in [0.5, 0.6) is 0 Å². The zero-order valence-corrected chi connectivity index (χ0v) is 11.7. The van der Waals surface area contributed by atoms with Crippen molar-refractivity contribution in [2.45, 2.75) is 16.9 Å². The molecule has 1 heterocycles. The molecule has 0 spiro atoms. The molecule has 0 bridgehead atoms. The van der Waals surface area contributed by atoms with E-state index >= 15 is 0 Å². The Hall–Kier alpha value is -0.750. The average molecular weight is 313 g/mol. The van der Waals surface area contributed by atoms with Crippen LogP contribution in [0, 0.1) is 0 Å². The lowest BCUT2D eigenvalue weighted by molar-refractivity contribution is 0.0418. The number of aliphatic hydroxyl groups is 1. The predicted molar refractivity (Wildman–Crippen MR) is 71.9 cm³/mol. The normalized spacial score (nSPS) is 12.9. The minimum absolute atomic E-state index is 0.174. The van der Waals surface area contributed by atoms with E-state index in [2.05, 4.69) is 10.3 Å². The number of carbonyl (C=O) groups is 1. The summed E-state index contributed by atoms with van der Waals surface area (Å²) in [5.74, 6) is 0.345. The molecule has 1 atom stereocenters. The van der Waals surface area contributed by atoms with E-state index in [-0.39, 0.29) is 6.54 Å². The third-order valence-electron chi connectivity index (χ3n) is 2.09. The fourth-order valence-electron chi connectivity index (χ4n) is 1.22. The molecule has 0 aliphatic carbocycles. The first-order valence-electron chi connectivity index (χ1n) is 5.09. The number of nitrogens with one attached hydrogen (secondary N) is 1. The molecule has 100 valence electrons. The van der Waals surface area contributed by atoms with Crippen LogP contribution in [0.4, 0.5) is 10.6 Å². The van der Waals surface area contributed by atoms with E-state index in [1.54, 1.807) is 25.1 Å². The van der Waals surface area contributed by atoms with Gasteiger partial charge in [-0.05, 0) is 19.1 Å². The first-order chi connectivity index (χ1) is 8.36. The van der Waals surface area contributed by atoms with Crippen molar-refractivity contribution in [3.8, 4) is 0 Å². The third kappa shape index (κ3) is 4.17. The third-order valence-corrected chi connectivity index (χ3v) is 2.67. The number of pyridine rings is 1. The van der Waals surface area contributed by atoms with Crippen molar-refractivity contribution >= 4 is 46.7 Å². The first-order valence-corrected chi connectivity index (χ1v) is 6.23. The number of aliphatic hydroxyl groups excluding tert-OH is 1. The lowest BCUT2D eigenvalue weighted by Crippen LogP contribution is -2.49. The van der Waals surface area contributed by atoms with Crippen molar-refractivity contribution in [2.75, 3.05) is 11.9 Å². The molecule has 0 saturated carbocycles. The summed E-state index contributed by atoms with van der Waals surface area (Å²) < 4.78 is -1.97. The molecule has 0 radical (unpaired) electrons. The highest BCUT2D eigenvalue weighted by molar-refractivity contribution is 6.68. The van der Waals surface area contributed by atoms with Crippen LogP contribution in [-0.2, 0) is 0 Å². The molecular formula is C10H12Cl3N3O2. The molecule has 1 unspecified atom stereocenters.